The molecule has 0 amide bonds. The molecule has 3 heteroatoms. The Morgan fingerprint density at radius 1 is 1.10 bits per heavy atom. The molecule has 0 aliphatic carbocycles. The fraction of sp³-hybridized carbons (Fsp3) is 0.143. The van der Waals surface area contributed by atoms with Crippen molar-refractivity contribution in [1.82, 2.24) is 0 Å². The molecule has 1 aromatic rings. The van der Waals surface area contributed by atoms with Crippen LogP contribution < -0.4 is 0 Å². The van der Waals surface area contributed by atoms with E-state index < -0.39 is 0 Å². The molecular weight excluding hydrogens is 187 g/mol. The Balaban J connectivity index is 0.000000236. The molecule has 0 bridgehead atoms. The van der Waals surface area contributed by atoms with E-state index >= 15 is 0 Å². The minimum absolute atomic E-state index is 0.194. The first-order valence-corrected chi connectivity index (χ1v) is 4.19. The van der Waals surface area contributed by atoms with Gasteiger partial charge in [0.25, 0.3) is 0 Å². The highest BCUT2D eigenvalue weighted by Gasteiger charge is 1.73. The lowest BCUT2D eigenvalue weighted by atomic mass is 10.4. The molecule has 0 N–H and O–H groups in total. The van der Waals surface area contributed by atoms with Gasteiger partial charge in [0.15, 0.2) is 0 Å². The van der Waals surface area contributed by atoms with E-state index in [4.69, 9.17) is 23.2 Å². The molecule has 1 aromatic carbocycles. The van der Waals surface area contributed by atoms with E-state index in [1.807, 2.05) is 30.3 Å². The highest BCUT2D eigenvalue weighted by atomic mass is 35.5. The SMILES string of the molecule is ClCCl.Sc1ccccc1. The van der Waals surface area contributed by atoms with Crippen LogP contribution in [0.4, 0.5) is 0 Å². The molecule has 0 fully saturated rings. The lowest BCUT2D eigenvalue weighted by Gasteiger charge is -1.81. The molecule has 0 saturated carbocycles. The average Bonchev–Trinajstić information content (AvgIpc) is 1.91. The highest BCUT2D eigenvalue weighted by molar-refractivity contribution is 7.80. The molecule has 0 aliphatic rings. The minimum atomic E-state index is 0.194. The highest BCUT2D eigenvalue weighted by Crippen LogP contribution is 2.00. The molecule has 0 saturated heterocycles. The van der Waals surface area contributed by atoms with Gasteiger partial charge in [0.1, 0.15) is 0 Å². The molecule has 0 spiro atoms. The molecule has 1 rings (SSSR count). The van der Waals surface area contributed by atoms with E-state index in [1.165, 1.54) is 0 Å². The van der Waals surface area contributed by atoms with Gasteiger partial charge in [-0.15, -0.1) is 35.8 Å². The minimum Gasteiger partial charge on any atom is -0.143 e. The maximum absolute atomic E-state index is 4.76. The molecule has 0 heterocycles. The summed E-state index contributed by atoms with van der Waals surface area (Å²) in [5.74, 6) is 0. The Morgan fingerprint density at radius 2 is 1.50 bits per heavy atom. The van der Waals surface area contributed by atoms with Crippen molar-refractivity contribution in [2.45, 2.75) is 4.90 Å². The van der Waals surface area contributed by atoms with Crippen molar-refractivity contribution in [1.29, 1.82) is 0 Å². The molecular formula is C7H8Cl2S. The summed E-state index contributed by atoms with van der Waals surface area (Å²) in [5.41, 5.74) is 0. The van der Waals surface area contributed by atoms with Crippen molar-refractivity contribution in [3.63, 3.8) is 0 Å². The van der Waals surface area contributed by atoms with Crippen LogP contribution in [0.2, 0.25) is 0 Å². The van der Waals surface area contributed by atoms with Crippen molar-refractivity contribution in [2.75, 3.05) is 5.34 Å². The smallest absolute Gasteiger partial charge is 0.0967 e. The summed E-state index contributed by atoms with van der Waals surface area (Å²) in [6.45, 7) is 0. The quantitative estimate of drug-likeness (QED) is 0.476. The molecule has 0 atom stereocenters. The van der Waals surface area contributed by atoms with Crippen LogP contribution >= 0.6 is 35.8 Å². The Morgan fingerprint density at radius 3 is 1.70 bits per heavy atom. The number of thiol groups is 1. The fourth-order valence-corrected chi connectivity index (χ4v) is 0.600. The second-order valence-corrected chi connectivity index (χ2v) is 2.76. The Labute approximate surface area is 76.6 Å². The summed E-state index contributed by atoms with van der Waals surface area (Å²) in [6.07, 6.45) is 0. The molecule has 56 valence electrons. The van der Waals surface area contributed by atoms with Gasteiger partial charge in [0, 0.05) is 4.90 Å². The second kappa shape index (κ2) is 7.26. The van der Waals surface area contributed by atoms with Gasteiger partial charge in [-0.1, -0.05) is 18.2 Å². The topological polar surface area (TPSA) is 0 Å². The largest absolute Gasteiger partial charge is 0.143 e. The number of hydrogen-bond acceptors (Lipinski definition) is 1. The monoisotopic (exact) mass is 194 g/mol. The first-order valence-electron chi connectivity index (χ1n) is 2.67. The summed E-state index contributed by atoms with van der Waals surface area (Å²) in [4.78, 5) is 1.02. The van der Waals surface area contributed by atoms with Gasteiger partial charge >= 0.3 is 0 Å². The zero-order valence-corrected chi connectivity index (χ0v) is 7.70. The summed E-state index contributed by atoms with van der Waals surface area (Å²) in [7, 11) is 0. The van der Waals surface area contributed by atoms with Crippen LogP contribution in [0.25, 0.3) is 0 Å². The van der Waals surface area contributed by atoms with Crippen molar-refractivity contribution in [3.05, 3.63) is 30.3 Å². The predicted octanol–water partition coefficient (Wildman–Crippen LogP) is 3.40. The van der Waals surface area contributed by atoms with Crippen LogP contribution in [0.5, 0.6) is 0 Å². The van der Waals surface area contributed by atoms with Crippen molar-refractivity contribution >= 4 is 35.8 Å². The van der Waals surface area contributed by atoms with Crippen LogP contribution in [-0.4, -0.2) is 5.34 Å². The molecule has 0 radical (unpaired) electrons. The van der Waals surface area contributed by atoms with Gasteiger partial charge in [0.05, 0.1) is 5.34 Å². The molecule has 0 aliphatic heterocycles. The number of alkyl halides is 2. The number of hydrogen-bond donors (Lipinski definition) is 1. The molecule has 10 heavy (non-hydrogen) atoms. The van der Waals surface area contributed by atoms with Gasteiger partial charge in [-0.3, -0.25) is 0 Å². The maximum Gasteiger partial charge on any atom is 0.0967 e. The van der Waals surface area contributed by atoms with E-state index in [2.05, 4.69) is 12.6 Å². The predicted molar refractivity (Wildman–Crippen MR) is 50.3 cm³/mol. The standard InChI is InChI=1S/C6H6S.CH2Cl2/c7-6-4-2-1-3-5-6;2-1-3/h1-5,7H;1H2. The summed E-state index contributed by atoms with van der Waals surface area (Å²) in [6, 6.07) is 9.79. The number of benzene rings is 1. The van der Waals surface area contributed by atoms with Gasteiger partial charge in [0.2, 0.25) is 0 Å². The van der Waals surface area contributed by atoms with E-state index in [-0.39, 0.29) is 5.34 Å². The zero-order valence-electron chi connectivity index (χ0n) is 5.30. The lowest BCUT2D eigenvalue weighted by Crippen LogP contribution is -1.56. The van der Waals surface area contributed by atoms with Gasteiger partial charge in [-0.05, 0) is 12.1 Å². The Bertz CT molecular complexity index is 153. The Hall–Kier alpha value is 0.150. The van der Waals surface area contributed by atoms with Crippen LogP contribution in [0.15, 0.2) is 35.2 Å². The molecule has 0 aromatic heterocycles. The summed E-state index contributed by atoms with van der Waals surface area (Å²) >= 11 is 13.6. The van der Waals surface area contributed by atoms with Crippen LogP contribution in [0.1, 0.15) is 0 Å². The Kier molecular flexibility index (Phi) is 7.37. The fourth-order valence-electron chi connectivity index (χ4n) is 0.428. The van der Waals surface area contributed by atoms with E-state index in [1.54, 1.807) is 0 Å². The van der Waals surface area contributed by atoms with Crippen LogP contribution in [-0.2, 0) is 0 Å². The van der Waals surface area contributed by atoms with Gasteiger partial charge < -0.3 is 0 Å². The normalized spacial score (nSPS) is 7.90. The number of rotatable bonds is 0. The third-order valence-corrected chi connectivity index (χ3v) is 1.05. The van der Waals surface area contributed by atoms with Gasteiger partial charge in [-0.2, -0.15) is 0 Å². The molecule has 0 unspecified atom stereocenters. The van der Waals surface area contributed by atoms with Crippen molar-refractivity contribution < 1.29 is 0 Å². The van der Waals surface area contributed by atoms with Crippen molar-refractivity contribution in [3.8, 4) is 0 Å². The van der Waals surface area contributed by atoms with E-state index in [0.29, 0.717) is 0 Å². The average molecular weight is 195 g/mol. The zero-order chi connectivity index (χ0) is 7.82. The van der Waals surface area contributed by atoms with Crippen LogP contribution in [0.3, 0.4) is 0 Å². The first kappa shape index (κ1) is 10.2. The van der Waals surface area contributed by atoms with E-state index in [0.717, 1.165) is 4.90 Å². The number of halogens is 2. The van der Waals surface area contributed by atoms with Crippen LogP contribution in [0, 0.1) is 0 Å². The third-order valence-electron chi connectivity index (χ3n) is 0.756. The maximum atomic E-state index is 4.76. The first-order chi connectivity index (χ1) is 4.81. The molecule has 0 nitrogen and oxygen atoms in total. The third kappa shape index (κ3) is 6.27. The van der Waals surface area contributed by atoms with E-state index in [9.17, 15) is 0 Å². The van der Waals surface area contributed by atoms with Crippen molar-refractivity contribution in [2.24, 2.45) is 0 Å². The second-order valence-electron chi connectivity index (χ2n) is 1.44. The lowest BCUT2D eigenvalue weighted by molar-refractivity contribution is 1.48. The summed E-state index contributed by atoms with van der Waals surface area (Å²) < 4.78 is 0. The van der Waals surface area contributed by atoms with Gasteiger partial charge in [-0.25, -0.2) is 0 Å². The summed E-state index contributed by atoms with van der Waals surface area (Å²) in [5, 5.41) is 0.194.